The van der Waals surface area contributed by atoms with Gasteiger partial charge in [-0.2, -0.15) is 0 Å². The van der Waals surface area contributed by atoms with Crippen molar-refractivity contribution in [2.75, 3.05) is 6.61 Å². The number of halogens is 2. The number of fused-ring (bicyclic) bond motifs is 1. The summed E-state index contributed by atoms with van der Waals surface area (Å²) in [5, 5.41) is 13.4. The molecule has 4 nitrogen and oxygen atoms in total. The molecule has 2 N–H and O–H groups in total. The Labute approximate surface area is 179 Å². The van der Waals surface area contributed by atoms with Gasteiger partial charge in [0, 0.05) is 17.5 Å². The van der Waals surface area contributed by atoms with Crippen LogP contribution in [0.4, 0.5) is 8.78 Å². The minimum atomic E-state index is -0.998. The molecule has 0 amide bonds. The molecule has 0 saturated heterocycles. The van der Waals surface area contributed by atoms with Crippen molar-refractivity contribution in [2.24, 2.45) is 0 Å². The van der Waals surface area contributed by atoms with E-state index in [0.29, 0.717) is 23.1 Å². The number of hydrogen-bond donors (Lipinski definition) is 2. The number of hydrogen-bond acceptors (Lipinski definition) is 3. The number of ether oxygens (including phenoxy) is 1. The van der Waals surface area contributed by atoms with Crippen LogP contribution in [0.2, 0.25) is 0 Å². The van der Waals surface area contributed by atoms with Gasteiger partial charge in [-0.3, -0.25) is 0 Å². The molecule has 1 unspecified atom stereocenters. The normalized spacial score (nSPS) is 19.5. The van der Waals surface area contributed by atoms with Crippen LogP contribution in [0.15, 0.2) is 54.6 Å². The third kappa shape index (κ3) is 4.85. The van der Waals surface area contributed by atoms with Crippen LogP contribution in [0.25, 0.3) is 10.8 Å². The number of carboxylic acids is 1. The maximum Gasteiger partial charge on any atom is 0.341 e. The Hall–Kier alpha value is -2.99. The van der Waals surface area contributed by atoms with Gasteiger partial charge in [0.15, 0.2) is 6.61 Å². The summed E-state index contributed by atoms with van der Waals surface area (Å²) >= 11 is 0. The van der Waals surface area contributed by atoms with Gasteiger partial charge in [-0.15, -0.1) is 0 Å². The smallest absolute Gasteiger partial charge is 0.341 e. The summed E-state index contributed by atoms with van der Waals surface area (Å²) in [6.07, 6.45) is 3.06. The van der Waals surface area contributed by atoms with E-state index in [0.717, 1.165) is 30.2 Å². The minimum absolute atomic E-state index is 0.00380. The molecule has 4 rings (SSSR count). The standard InChI is InChI=1S/C25H25F2NO3/c1-15(21-10-11-24(27)23-13-18(26)5-9-22(21)23)28-19-6-2-17(12-19)16-3-7-20(8-4-16)31-14-25(29)30/h3-5,7-11,13,15,17,19,28H,2,6,12,14H2,1H3,(H,29,30)/t15-,17-,19?/m1/s1. The molecule has 0 aromatic heterocycles. The van der Waals surface area contributed by atoms with Crippen LogP contribution in [0.3, 0.4) is 0 Å². The predicted octanol–water partition coefficient (Wildman–Crippen LogP) is 5.57. The second-order valence-electron chi connectivity index (χ2n) is 8.17. The van der Waals surface area contributed by atoms with E-state index in [-0.39, 0.29) is 12.6 Å². The average Bonchev–Trinajstić information content (AvgIpc) is 3.21. The predicted molar refractivity (Wildman–Crippen MR) is 115 cm³/mol. The first-order valence-electron chi connectivity index (χ1n) is 10.5. The molecule has 1 fully saturated rings. The summed E-state index contributed by atoms with van der Waals surface area (Å²) in [5.74, 6) is -0.893. The van der Waals surface area contributed by atoms with E-state index in [1.807, 2.05) is 24.3 Å². The quantitative estimate of drug-likeness (QED) is 0.520. The molecule has 162 valence electrons. The number of benzene rings is 3. The van der Waals surface area contributed by atoms with Crippen LogP contribution in [0, 0.1) is 11.6 Å². The van der Waals surface area contributed by atoms with Crippen LogP contribution in [-0.2, 0) is 4.79 Å². The summed E-state index contributed by atoms with van der Waals surface area (Å²) in [7, 11) is 0. The lowest BCUT2D eigenvalue weighted by Gasteiger charge is -2.22. The highest BCUT2D eigenvalue weighted by Gasteiger charge is 2.27. The Morgan fingerprint density at radius 1 is 1.10 bits per heavy atom. The third-order valence-corrected chi connectivity index (χ3v) is 6.06. The zero-order valence-corrected chi connectivity index (χ0v) is 17.3. The van der Waals surface area contributed by atoms with E-state index >= 15 is 0 Å². The Morgan fingerprint density at radius 2 is 1.87 bits per heavy atom. The molecule has 1 saturated carbocycles. The molecular weight excluding hydrogens is 400 g/mol. The Kier molecular flexibility index (Phi) is 6.18. The van der Waals surface area contributed by atoms with E-state index in [1.165, 1.54) is 23.8 Å². The van der Waals surface area contributed by atoms with Gasteiger partial charge in [-0.25, -0.2) is 13.6 Å². The zero-order chi connectivity index (χ0) is 22.0. The number of nitrogens with one attached hydrogen (secondary N) is 1. The van der Waals surface area contributed by atoms with Gasteiger partial charge in [0.25, 0.3) is 0 Å². The van der Waals surface area contributed by atoms with Crippen molar-refractivity contribution in [1.82, 2.24) is 5.32 Å². The molecule has 1 aliphatic carbocycles. The molecular formula is C25H25F2NO3. The number of rotatable bonds is 7. The number of carbonyl (C=O) groups is 1. The summed E-state index contributed by atoms with van der Waals surface area (Å²) in [6.45, 7) is 1.70. The van der Waals surface area contributed by atoms with Crippen molar-refractivity contribution in [3.63, 3.8) is 0 Å². The fourth-order valence-electron chi connectivity index (χ4n) is 4.55. The average molecular weight is 425 g/mol. The Morgan fingerprint density at radius 3 is 2.61 bits per heavy atom. The van der Waals surface area contributed by atoms with Crippen LogP contribution < -0.4 is 10.1 Å². The highest BCUT2D eigenvalue weighted by Crippen LogP contribution is 2.37. The van der Waals surface area contributed by atoms with Gasteiger partial charge in [-0.05, 0) is 78.9 Å². The molecule has 31 heavy (non-hydrogen) atoms. The lowest BCUT2D eigenvalue weighted by atomic mass is 9.96. The van der Waals surface area contributed by atoms with Gasteiger partial charge < -0.3 is 15.2 Å². The fourth-order valence-corrected chi connectivity index (χ4v) is 4.55. The van der Waals surface area contributed by atoms with E-state index in [4.69, 9.17) is 9.84 Å². The number of aliphatic carboxylic acids is 1. The van der Waals surface area contributed by atoms with Crippen molar-refractivity contribution in [3.8, 4) is 5.75 Å². The third-order valence-electron chi connectivity index (χ3n) is 6.06. The van der Waals surface area contributed by atoms with Gasteiger partial charge >= 0.3 is 5.97 Å². The van der Waals surface area contributed by atoms with Gasteiger partial charge in [0.2, 0.25) is 0 Å². The van der Waals surface area contributed by atoms with Gasteiger partial charge in [0.1, 0.15) is 17.4 Å². The molecule has 3 aromatic rings. The lowest BCUT2D eigenvalue weighted by Crippen LogP contribution is -2.29. The molecule has 0 aliphatic heterocycles. The number of carboxylic acid groups (broad SMARTS) is 1. The first-order valence-corrected chi connectivity index (χ1v) is 10.5. The highest BCUT2D eigenvalue weighted by atomic mass is 19.1. The van der Waals surface area contributed by atoms with Crippen LogP contribution in [0.5, 0.6) is 5.75 Å². The SMILES string of the molecule is C[C@@H](NC1CC[C@@H](c2ccc(OCC(=O)O)cc2)C1)c1ccc(F)c2cc(F)ccc12. The van der Waals surface area contributed by atoms with Crippen molar-refractivity contribution in [2.45, 2.75) is 44.2 Å². The maximum atomic E-state index is 14.1. The van der Waals surface area contributed by atoms with E-state index < -0.39 is 17.6 Å². The van der Waals surface area contributed by atoms with Crippen molar-refractivity contribution in [1.29, 1.82) is 0 Å². The zero-order valence-electron chi connectivity index (χ0n) is 17.3. The van der Waals surface area contributed by atoms with Gasteiger partial charge in [0.05, 0.1) is 0 Å². The molecule has 1 aliphatic rings. The van der Waals surface area contributed by atoms with E-state index in [9.17, 15) is 13.6 Å². The van der Waals surface area contributed by atoms with E-state index in [1.54, 1.807) is 12.1 Å². The second kappa shape index (κ2) is 9.02. The Balaban J connectivity index is 1.41. The maximum absolute atomic E-state index is 14.1. The highest BCUT2D eigenvalue weighted by molar-refractivity contribution is 5.86. The lowest BCUT2D eigenvalue weighted by molar-refractivity contribution is -0.139. The first-order chi connectivity index (χ1) is 14.9. The fraction of sp³-hybridized carbons (Fsp3) is 0.320. The molecule has 0 heterocycles. The molecule has 3 atom stereocenters. The molecule has 3 aromatic carbocycles. The van der Waals surface area contributed by atoms with Crippen LogP contribution >= 0.6 is 0 Å². The van der Waals surface area contributed by atoms with Crippen LogP contribution in [-0.4, -0.2) is 23.7 Å². The topological polar surface area (TPSA) is 58.6 Å². The Bertz CT molecular complexity index is 1080. The first kappa shape index (κ1) is 21.2. The van der Waals surface area contributed by atoms with Crippen molar-refractivity contribution < 1.29 is 23.4 Å². The monoisotopic (exact) mass is 425 g/mol. The second-order valence-corrected chi connectivity index (χ2v) is 8.17. The summed E-state index contributed by atoms with van der Waals surface area (Å²) < 4.78 is 32.9. The summed E-state index contributed by atoms with van der Waals surface area (Å²) in [6, 6.07) is 15.4. The van der Waals surface area contributed by atoms with E-state index in [2.05, 4.69) is 12.2 Å². The molecule has 0 radical (unpaired) electrons. The molecule has 6 heteroatoms. The van der Waals surface area contributed by atoms with Crippen molar-refractivity contribution in [3.05, 3.63) is 77.4 Å². The molecule has 0 spiro atoms. The minimum Gasteiger partial charge on any atom is -0.482 e. The van der Waals surface area contributed by atoms with Crippen molar-refractivity contribution >= 4 is 16.7 Å². The van der Waals surface area contributed by atoms with Gasteiger partial charge in [-0.1, -0.05) is 24.3 Å². The van der Waals surface area contributed by atoms with Crippen LogP contribution in [0.1, 0.15) is 49.3 Å². The summed E-state index contributed by atoms with van der Waals surface area (Å²) in [5.41, 5.74) is 2.17. The molecule has 0 bridgehead atoms. The summed E-state index contributed by atoms with van der Waals surface area (Å²) in [4.78, 5) is 10.6. The largest absolute Gasteiger partial charge is 0.482 e.